The molecular weight excluding hydrogens is 364 g/mol. The molecule has 27 heavy (non-hydrogen) atoms. The van der Waals surface area contributed by atoms with Crippen LogP contribution in [0.4, 0.5) is 4.79 Å². The van der Waals surface area contributed by atoms with Crippen LogP contribution < -0.4 is 16.2 Å². The summed E-state index contributed by atoms with van der Waals surface area (Å²) in [7, 11) is 0. The van der Waals surface area contributed by atoms with E-state index in [-0.39, 0.29) is 18.1 Å². The summed E-state index contributed by atoms with van der Waals surface area (Å²) in [6, 6.07) is 7.19. The molecule has 3 aromatic rings. The first kappa shape index (κ1) is 18.8. The Labute approximate surface area is 160 Å². The first-order valence-corrected chi connectivity index (χ1v) is 9.37. The predicted molar refractivity (Wildman–Crippen MR) is 106 cm³/mol. The van der Waals surface area contributed by atoms with Gasteiger partial charge in [0, 0.05) is 17.0 Å². The smallest absolute Gasteiger partial charge is 0.321 e. The molecule has 2 aromatic heterocycles. The van der Waals surface area contributed by atoms with E-state index in [1.807, 2.05) is 36.6 Å². The Hall–Kier alpha value is -3.00. The molecule has 0 fully saturated rings. The molecule has 2 N–H and O–H groups in total. The average Bonchev–Trinajstić information content (AvgIpc) is 3.02. The van der Waals surface area contributed by atoms with Crippen LogP contribution in [0.15, 0.2) is 40.8 Å². The van der Waals surface area contributed by atoms with Gasteiger partial charge in [-0.25, -0.2) is 9.78 Å². The number of benzene rings is 1. The second-order valence-corrected chi connectivity index (χ2v) is 7.41. The van der Waals surface area contributed by atoms with E-state index < -0.39 is 11.9 Å². The highest BCUT2D eigenvalue weighted by Gasteiger charge is 2.15. The molecule has 0 unspecified atom stereocenters. The molecule has 3 rings (SSSR count). The van der Waals surface area contributed by atoms with Crippen LogP contribution in [0.25, 0.3) is 21.3 Å². The van der Waals surface area contributed by atoms with Gasteiger partial charge < -0.3 is 5.32 Å². The lowest BCUT2D eigenvalue weighted by molar-refractivity contribution is -0.120. The van der Waals surface area contributed by atoms with Gasteiger partial charge >= 0.3 is 6.03 Å². The van der Waals surface area contributed by atoms with Crippen molar-refractivity contribution in [2.45, 2.75) is 33.4 Å². The second kappa shape index (κ2) is 7.71. The number of urea groups is 1. The molecule has 3 amide bonds. The van der Waals surface area contributed by atoms with E-state index in [0.717, 1.165) is 16.7 Å². The third kappa shape index (κ3) is 4.22. The van der Waals surface area contributed by atoms with E-state index in [0.29, 0.717) is 10.2 Å². The number of aryl methyl sites for hydroxylation is 1. The minimum atomic E-state index is -0.590. The van der Waals surface area contributed by atoms with Gasteiger partial charge in [-0.1, -0.05) is 29.8 Å². The number of imide groups is 1. The van der Waals surface area contributed by atoms with Crippen LogP contribution >= 0.6 is 11.3 Å². The monoisotopic (exact) mass is 384 g/mol. The van der Waals surface area contributed by atoms with Gasteiger partial charge in [-0.2, -0.15) is 0 Å². The minimum absolute atomic E-state index is 0.0959. The maximum Gasteiger partial charge on any atom is 0.321 e. The number of aromatic nitrogens is 2. The van der Waals surface area contributed by atoms with Gasteiger partial charge in [0.05, 0.1) is 11.7 Å². The van der Waals surface area contributed by atoms with Gasteiger partial charge in [-0.3, -0.25) is 19.5 Å². The SMILES string of the molecule is Cc1ccc(-c2csc3ncn(CC(=O)NC(=O)NC(C)C)c(=O)c23)cc1. The molecule has 0 atom stereocenters. The lowest BCUT2D eigenvalue weighted by atomic mass is 10.1. The van der Waals surface area contributed by atoms with Crippen molar-refractivity contribution in [3.8, 4) is 11.1 Å². The zero-order valence-electron chi connectivity index (χ0n) is 15.3. The van der Waals surface area contributed by atoms with E-state index in [1.165, 1.54) is 22.2 Å². The molecule has 8 heteroatoms. The fourth-order valence-corrected chi connectivity index (χ4v) is 3.55. The highest BCUT2D eigenvalue weighted by atomic mass is 32.1. The Kier molecular flexibility index (Phi) is 5.36. The minimum Gasteiger partial charge on any atom is -0.336 e. The van der Waals surface area contributed by atoms with Crippen molar-refractivity contribution in [1.82, 2.24) is 20.2 Å². The van der Waals surface area contributed by atoms with Gasteiger partial charge in [0.15, 0.2) is 0 Å². The quantitative estimate of drug-likeness (QED) is 0.723. The third-order valence-electron chi connectivity index (χ3n) is 3.91. The van der Waals surface area contributed by atoms with Crippen molar-refractivity contribution in [3.63, 3.8) is 0 Å². The van der Waals surface area contributed by atoms with Crippen molar-refractivity contribution in [2.75, 3.05) is 0 Å². The molecule has 0 aliphatic rings. The first-order chi connectivity index (χ1) is 12.8. The highest BCUT2D eigenvalue weighted by molar-refractivity contribution is 7.17. The molecule has 0 spiro atoms. The molecule has 2 heterocycles. The summed E-state index contributed by atoms with van der Waals surface area (Å²) in [6.07, 6.45) is 1.33. The van der Waals surface area contributed by atoms with Crippen molar-refractivity contribution in [1.29, 1.82) is 0 Å². The number of hydrogen-bond donors (Lipinski definition) is 2. The Bertz CT molecular complexity index is 1050. The van der Waals surface area contributed by atoms with E-state index in [4.69, 9.17) is 0 Å². The molecular formula is C19H20N4O3S. The number of amides is 3. The molecule has 0 bridgehead atoms. The number of nitrogens with zero attached hydrogens (tertiary/aromatic N) is 2. The average molecular weight is 384 g/mol. The zero-order valence-corrected chi connectivity index (χ0v) is 16.1. The summed E-state index contributed by atoms with van der Waals surface area (Å²) >= 11 is 1.38. The van der Waals surface area contributed by atoms with Crippen molar-refractivity contribution >= 4 is 33.5 Å². The standard InChI is InChI=1S/C19H20N4O3S/c1-11(2)21-19(26)22-15(24)8-23-10-20-17-16(18(23)25)14(9-27-17)13-6-4-12(3)5-7-13/h4-7,9-11H,8H2,1-3H3,(H2,21,22,24,26). The van der Waals surface area contributed by atoms with E-state index in [2.05, 4.69) is 15.6 Å². The predicted octanol–water partition coefficient (Wildman–Crippen LogP) is 2.67. The third-order valence-corrected chi connectivity index (χ3v) is 4.80. The number of thiophene rings is 1. The van der Waals surface area contributed by atoms with Gasteiger partial charge in [0.25, 0.3) is 5.56 Å². The summed E-state index contributed by atoms with van der Waals surface area (Å²) in [5, 5.41) is 7.14. The first-order valence-electron chi connectivity index (χ1n) is 8.49. The summed E-state index contributed by atoms with van der Waals surface area (Å²) in [4.78, 5) is 41.5. The number of fused-ring (bicyclic) bond motifs is 1. The number of carbonyl (C=O) groups excluding carboxylic acids is 2. The molecule has 0 radical (unpaired) electrons. The second-order valence-electron chi connectivity index (χ2n) is 6.55. The van der Waals surface area contributed by atoms with Crippen LogP contribution in [0.2, 0.25) is 0 Å². The molecule has 0 aliphatic heterocycles. The number of rotatable bonds is 4. The Balaban J connectivity index is 1.90. The van der Waals surface area contributed by atoms with Gasteiger partial charge in [0.1, 0.15) is 11.4 Å². The summed E-state index contributed by atoms with van der Waals surface area (Å²) in [5.41, 5.74) is 2.53. The Morgan fingerprint density at radius 1 is 1.22 bits per heavy atom. The van der Waals surface area contributed by atoms with Gasteiger partial charge in [0.2, 0.25) is 5.91 Å². The lowest BCUT2D eigenvalue weighted by Gasteiger charge is -2.10. The fourth-order valence-electron chi connectivity index (χ4n) is 2.64. The number of carbonyl (C=O) groups is 2. The highest BCUT2D eigenvalue weighted by Crippen LogP contribution is 2.30. The molecule has 0 saturated heterocycles. The molecule has 0 saturated carbocycles. The van der Waals surface area contributed by atoms with E-state index in [1.54, 1.807) is 13.8 Å². The van der Waals surface area contributed by atoms with Crippen LogP contribution in [0.5, 0.6) is 0 Å². The maximum atomic E-state index is 12.9. The van der Waals surface area contributed by atoms with Crippen molar-refractivity contribution < 1.29 is 9.59 Å². The van der Waals surface area contributed by atoms with Crippen molar-refractivity contribution in [2.24, 2.45) is 0 Å². The lowest BCUT2D eigenvalue weighted by Crippen LogP contribution is -2.44. The van der Waals surface area contributed by atoms with E-state index in [9.17, 15) is 14.4 Å². The molecule has 0 aliphatic carbocycles. The largest absolute Gasteiger partial charge is 0.336 e. The Morgan fingerprint density at radius 2 is 1.93 bits per heavy atom. The summed E-state index contributed by atoms with van der Waals surface area (Å²) in [6.45, 7) is 5.29. The van der Waals surface area contributed by atoms with Gasteiger partial charge in [-0.15, -0.1) is 11.3 Å². The normalized spacial score (nSPS) is 11.0. The van der Waals surface area contributed by atoms with Crippen LogP contribution in [-0.4, -0.2) is 27.5 Å². The van der Waals surface area contributed by atoms with Crippen LogP contribution in [0.1, 0.15) is 19.4 Å². The number of hydrogen-bond acceptors (Lipinski definition) is 5. The fraction of sp³-hybridized carbons (Fsp3) is 0.263. The molecule has 1 aromatic carbocycles. The van der Waals surface area contributed by atoms with Crippen LogP contribution in [-0.2, 0) is 11.3 Å². The molecule has 140 valence electrons. The molecule has 7 nitrogen and oxygen atoms in total. The topological polar surface area (TPSA) is 93.1 Å². The maximum absolute atomic E-state index is 12.9. The Morgan fingerprint density at radius 3 is 2.59 bits per heavy atom. The van der Waals surface area contributed by atoms with Crippen molar-refractivity contribution in [3.05, 3.63) is 51.9 Å². The zero-order chi connectivity index (χ0) is 19.6. The summed E-state index contributed by atoms with van der Waals surface area (Å²) < 4.78 is 1.21. The van der Waals surface area contributed by atoms with Crippen LogP contribution in [0, 0.1) is 6.92 Å². The van der Waals surface area contributed by atoms with Gasteiger partial charge in [-0.05, 0) is 26.3 Å². The van der Waals surface area contributed by atoms with Crippen LogP contribution in [0.3, 0.4) is 0 Å². The number of nitrogens with one attached hydrogen (secondary N) is 2. The summed E-state index contributed by atoms with van der Waals surface area (Å²) in [5.74, 6) is -0.580. The van der Waals surface area contributed by atoms with E-state index >= 15 is 0 Å².